The van der Waals surface area contributed by atoms with E-state index in [1.165, 1.54) is 17.6 Å². The van der Waals surface area contributed by atoms with Crippen molar-refractivity contribution in [3.8, 4) is 0 Å². The normalized spacial score (nSPS) is 21.5. The zero-order valence-corrected chi connectivity index (χ0v) is 15.2. The first-order valence-electron chi connectivity index (χ1n) is 9.11. The van der Waals surface area contributed by atoms with E-state index in [1.807, 2.05) is 0 Å². The Balaban J connectivity index is 1.68. The molecule has 24 heavy (non-hydrogen) atoms. The highest BCUT2D eigenvalue weighted by atomic mass is 16.1. The van der Waals surface area contributed by atoms with Crippen molar-refractivity contribution in [2.45, 2.75) is 58.9 Å². The van der Waals surface area contributed by atoms with Crippen LogP contribution in [-0.2, 0) is 13.0 Å². The fraction of sp³-hybridized carbons (Fsp3) is 0.600. The summed E-state index contributed by atoms with van der Waals surface area (Å²) in [6.07, 6.45) is 6.76. The topological polar surface area (TPSA) is 49.0 Å². The molecule has 1 unspecified atom stereocenters. The predicted molar refractivity (Wildman–Crippen MR) is 98.2 cm³/mol. The van der Waals surface area contributed by atoms with Gasteiger partial charge in [0.05, 0.1) is 11.3 Å². The molecule has 2 heterocycles. The molecule has 0 fully saturated rings. The maximum Gasteiger partial charge on any atom is 0.255 e. The van der Waals surface area contributed by atoms with Crippen molar-refractivity contribution >= 4 is 0 Å². The molecule has 0 aromatic carbocycles. The van der Waals surface area contributed by atoms with Gasteiger partial charge in [-0.2, -0.15) is 0 Å². The van der Waals surface area contributed by atoms with Crippen LogP contribution in [0.25, 0.3) is 0 Å². The highest BCUT2D eigenvalue weighted by Gasteiger charge is 2.23. The van der Waals surface area contributed by atoms with E-state index >= 15 is 0 Å². The van der Waals surface area contributed by atoms with E-state index in [1.54, 1.807) is 0 Å². The first kappa shape index (κ1) is 17.2. The Labute approximate surface area is 144 Å². The predicted octanol–water partition coefficient (Wildman–Crippen LogP) is 3.55. The Bertz CT molecular complexity index is 714. The maximum atomic E-state index is 12.4. The Morgan fingerprint density at radius 2 is 2.25 bits per heavy atom. The van der Waals surface area contributed by atoms with Gasteiger partial charge in [0.1, 0.15) is 5.82 Å². The van der Waals surface area contributed by atoms with Gasteiger partial charge in [0.25, 0.3) is 5.56 Å². The maximum absolute atomic E-state index is 12.4. The van der Waals surface area contributed by atoms with E-state index in [0.29, 0.717) is 5.92 Å². The van der Waals surface area contributed by atoms with Crippen LogP contribution >= 0.6 is 0 Å². The Morgan fingerprint density at radius 1 is 1.46 bits per heavy atom. The molecule has 1 aliphatic carbocycles. The molecule has 1 aromatic heterocycles. The molecular weight excluding hydrogens is 298 g/mol. The minimum atomic E-state index is 0.0494. The third kappa shape index (κ3) is 3.69. The third-order valence-electron chi connectivity index (χ3n) is 5.34. The van der Waals surface area contributed by atoms with E-state index in [9.17, 15) is 4.79 Å². The van der Waals surface area contributed by atoms with Crippen LogP contribution in [0.3, 0.4) is 0 Å². The number of H-pyrrole nitrogens is 1. The first-order valence-corrected chi connectivity index (χ1v) is 9.11. The average Bonchev–Trinajstić information content (AvgIpc) is 2.55. The highest BCUT2D eigenvalue weighted by Crippen LogP contribution is 2.29. The summed E-state index contributed by atoms with van der Waals surface area (Å²) in [7, 11) is 0. The third-order valence-corrected chi connectivity index (χ3v) is 5.34. The molecule has 0 saturated carbocycles. The zero-order chi connectivity index (χ0) is 17.3. The lowest BCUT2D eigenvalue weighted by molar-refractivity contribution is 0.265. The van der Waals surface area contributed by atoms with Crippen LogP contribution in [0.4, 0.5) is 0 Å². The van der Waals surface area contributed by atoms with Crippen molar-refractivity contribution in [3.05, 3.63) is 51.2 Å². The summed E-state index contributed by atoms with van der Waals surface area (Å²) in [5.41, 5.74) is 4.73. The lowest BCUT2D eigenvalue weighted by Gasteiger charge is -2.30. The molecule has 4 heteroatoms. The minimum absolute atomic E-state index is 0.0494. The van der Waals surface area contributed by atoms with Gasteiger partial charge in [-0.05, 0) is 32.1 Å². The SMILES string of the molecule is C=C(C)C1CC=C(CN2CCc3nc(C(C)C)[nH]c(=O)c3C2)CC1. The Hall–Kier alpha value is -1.68. The van der Waals surface area contributed by atoms with Crippen molar-refractivity contribution in [1.82, 2.24) is 14.9 Å². The van der Waals surface area contributed by atoms with Crippen molar-refractivity contribution in [2.24, 2.45) is 5.92 Å². The van der Waals surface area contributed by atoms with E-state index < -0.39 is 0 Å². The molecule has 0 amide bonds. The van der Waals surface area contributed by atoms with Crippen LogP contribution in [-0.4, -0.2) is 28.0 Å². The van der Waals surface area contributed by atoms with Crippen molar-refractivity contribution in [3.63, 3.8) is 0 Å². The summed E-state index contributed by atoms with van der Waals surface area (Å²) >= 11 is 0. The van der Waals surface area contributed by atoms with Gasteiger partial charge >= 0.3 is 0 Å². The lowest BCUT2D eigenvalue weighted by Crippen LogP contribution is -2.37. The number of hydrogen-bond donors (Lipinski definition) is 1. The Kier molecular flexibility index (Phi) is 5.04. The van der Waals surface area contributed by atoms with E-state index in [0.717, 1.165) is 56.0 Å². The molecule has 1 aromatic rings. The zero-order valence-electron chi connectivity index (χ0n) is 15.2. The molecular formula is C20H29N3O. The van der Waals surface area contributed by atoms with Gasteiger partial charge in [0.15, 0.2) is 0 Å². The molecule has 0 radical (unpaired) electrons. The molecule has 0 saturated heterocycles. The number of aromatic amines is 1. The molecule has 130 valence electrons. The summed E-state index contributed by atoms with van der Waals surface area (Å²) in [6.45, 7) is 13.0. The van der Waals surface area contributed by atoms with Gasteiger partial charge in [-0.25, -0.2) is 4.98 Å². The fourth-order valence-corrected chi connectivity index (χ4v) is 3.68. The number of allylic oxidation sites excluding steroid dienone is 2. The number of nitrogens with one attached hydrogen (secondary N) is 1. The molecule has 1 aliphatic heterocycles. The highest BCUT2D eigenvalue weighted by molar-refractivity contribution is 5.22. The largest absolute Gasteiger partial charge is 0.310 e. The van der Waals surface area contributed by atoms with Gasteiger partial charge in [0.2, 0.25) is 0 Å². The standard InChI is InChI=1S/C20H29N3O/c1-13(2)16-7-5-15(6-8-16)11-23-10-9-18-17(12-23)20(24)22-19(21-18)14(3)4/h5,14,16H,1,6-12H2,2-4H3,(H,21,22,24). The van der Waals surface area contributed by atoms with Crippen LogP contribution in [0.15, 0.2) is 28.6 Å². The van der Waals surface area contributed by atoms with Crippen LogP contribution in [0, 0.1) is 5.92 Å². The second kappa shape index (κ2) is 7.06. The second-order valence-electron chi connectivity index (χ2n) is 7.67. The molecule has 0 bridgehead atoms. The average molecular weight is 327 g/mol. The molecule has 4 nitrogen and oxygen atoms in total. The number of fused-ring (bicyclic) bond motifs is 1. The van der Waals surface area contributed by atoms with Gasteiger partial charge in [0, 0.05) is 32.0 Å². The summed E-state index contributed by atoms with van der Waals surface area (Å²) in [5, 5.41) is 0. The fourth-order valence-electron chi connectivity index (χ4n) is 3.68. The van der Waals surface area contributed by atoms with Gasteiger partial charge in [-0.3, -0.25) is 9.69 Å². The summed E-state index contributed by atoms with van der Waals surface area (Å²) in [6, 6.07) is 0. The van der Waals surface area contributed by atoms with Crippen molar-refractivity contribution < 1.29 is 0 Å². The smallest absolute Gasteiger partial charge is 0.255 e. The molecule has 1 N–H and O–H groups in total. The quantitative estimate of drug-likeness (QED) is 0.860. The van der Waals surface area contributed by atoms with Crippen LogP contribution in [0.5, 0.6) is 0 Å². The van der Waals surface area contributed by atoms with E-state index in [2.05, 4.69) is 48.3 Å². The molecule has 0 spiro atoms. The van der Waals surface area contributed by atoms with E-state index in [-0.39, 0.29) is 11.5 Å². The number of rotatable bonds is 4. The lowest BCUT2D eigenvalue weighted by atomic mass is 9.85. The molecule has 1 atom stereocenters. The monoisotopic (exact) mass is 327 g/mol. The first-order chi connectivity index (χ1) is 11.4. The van der Waals surface area contributed by atoms with Gasteiger partial charge in [-0.15, -0.1) is 0 Å². The van der Waals surface area contributed by atoms with Crippen LogP contribution < -0.4 is 5.56 Å². The Morgan fingerprint density at radius 3 is 2.88 bits per heavy atom. The van der Waals surface area contributed by atoms with Gasteiger partial charge < -0.3 is 4.98 Å². The summed E-state index contributed by atoms with van der Waals surface area (Å²) in [5.74, 6) is 1.72. The van der Waals surface area contributed by atoms with Crippen molar-refractivity contribution in [1.29, 1.82) is 0 Å². The van der Waals surface area contributed by atoms with E-state index in [4.69, 9.17) is 0 Å². The number of aromatic nitrogens is 2. The molecule has 2 aliphatic rings. The van der Waals surface area contributed by atoms with Crippen molar-refractivity contribution in [2.75, 3.05) is 13.1 Å². The van der Waals surface area contributed by atoms with Crippen LogP contribution in [0.2, 0.25) is 0 Å². The minimum Gasteiger partial charge on any atom is -0.310 e. The number of hydrogen-bond acceptors (Lipinski definition) is 3. The van der Waals surface area contributed by atoms with Crippen LogP contribution in [0.1, 0.15) is 63.0 Å². The second-order valence-corrected chi connectivity index (χ2v) is 7.67. The molecule has 3 rings (SSSR count). The van der Waals surface area contributed by atoms with Gasteiger partial charge in [-0.1, -0.05) is 37.6 Å². The summed E-state index contributed by atoms with van der Waals surface area (Å²) in [4.78, 5) is 22.4. The number of nitrogens with zero attached hydrogens (tertiary/aromatic N) is 2. The summed E-state index contributed by atoms with van der Waals surface area (Å²) < 4.78 is 0.